The van der Waals surface area contributed by atoms with Crippen molar-refractivity contribution in [3.63, 3.8) is 0 Å². The molecule has 1 aliphatic rings. The normalized spacial score (nSPS) is 14.5. The maximum atomic E-state index is 13.2. The van der Waals surface area contributed by atoms with Crippen LogP contribution in [0.15, 0.2) is 36.7 Å². The average Bonchev–Trinajstić information content (AvgIpc) is 3.27. The summed E-state index contributed by atoms with van der Waals surface area (Å²) in [5.74, 6) is 2.05. The molecule has 2 aromatic heterocycles. The van der Waals surface area contributed by atoms with Crippen molar-refractivity contribution >= 4 is 11.7 Å². The van der Waals surface area contributed by atoms with Gasteiger partial charge in [-0.05, 0) is 29.5 Å². The number of hydrogen-bond donors (Lipinski definition) is 0. The summed E-state index contributed by atoms with van der Waals surface area (Å²) in [5, 5.41) is 11.3. The van der Waals surface area contributed by atoms with Gasteiger partial charge in [0, 0.05) is 43.9 Å². The van der Waals surface area contributed by atoms with Crippen LogP contribution in [0.2, 0.25) is 0 Å². The van der Waals surface area contributed by atoms with Gasteiger partial charge in [-0.15, -0.1) is 5.10 Å². The number of aromatic nitrogens is 6. The number of para-hydroxylation sites is 1. The van der Waals surface area contributed by atoms with E-state index in [1.165, 1.54) is 11.0 Å². The molecule has 9 nitrogen and oxygen atoms in total. The van der Waals surface area contributed by atoms with Gasteiger partial charge in [0.05, 0.1) is 11.3 Å². The zero-order valence-electron chi connectivity index (χ0n) is 16.9. The van der Waals surface area contributed by atoms with Gasteiger partial charge in [0.1, 0.15) is 18.0 Å². The van der Waals surface area contributed by atoms with Gasteiger partial charge in [0.15, 0.2) is 0 Å². The van der Waals surface area contributed by atoms with Crippen molar-refractivity contribution in [2.45, 2.75) is 26.7 Å². The number of anilines is 1. The Morgan fingerprint density at radius 3 is 2.52 bits per heavy atom. The third-order valence-corrected chi connectivity index (χ3v) is 5.00. The fraction of sp³-hybridized carbons (Fsp3) is 0.400. The summed E-state index contributed by atoms with van der Waals surface area (Å²) in [4.78, 5) is 26.5. The molecule has 4 rings (SSSR count). The predicted octanol–water partition coefficient (Wildman–Crippen LogP) is 1.85. The SMILES string of the molecule is Cc1cc(N2CCN(C(=O)c3ccccc3-n3cnnn3)CC2)nc(C(C)C)n1. The summed E-state index contributed by atoms with van der Waals surface area (Å²) in [6.45, 7) is 8.90. The number of carbonyl (C=O) groups excluding carboxylic acids is 1. The molecule has 0 bridgehead atoms. The fourth-order valence-corrected chi connectivity index (χ4v) is 3.43. The third-order valence-electron chi connectivity index (χ3n) is 5.00. The van der Waals surface area contributed by atoms with Gasteiger partial charge in [-0.2, -0.15) is 4.68 Å². The van der Waals surface area contributed by atoms with Crippen LogP contribution in [-0.2, 0) is 0 Å². The Morgan fingerprint density at radius 2 is 1.83 bits per heavy atom. The van der Waals surface area contributed by atoms with Crippen LogP contribution < -0.4 is 4.90 Å². The van der Waals surface area contributed by atoms with E-state index in [4.69, 9.17) is 4.98 Å². The minimum absolute atomic E-state index is 0.0162. The molecule has 1 saturated heterocycles. The fourth-order valence-electron chi connectivity index (χ4n) is 3.43. The van der Waals surface area contributed by atoms with Crippen LogP contribution in [0.1, 0.15) is 41.6 Å². The van der Waals surface area contributed by atoms with E-state index < -0.39 is 0 Å². The van der Waals surface area contributed by atoms with E-state index in [1.54, 1.807) is 0 Å². The van der Waals surface area contributed by atoms with Crippen molar-refractivity contribution in [1.82, 2.24) is 35.1 Å². The van der Waals surface area contributed by atoms with Crippen LogP contribution in [-0.4, -0.2) is 67.2 Å². The highest BCUT2D eigenvalue weighted by Crippen LogP contribution is 2.21. The van der Waals surface area contributed by atoms with Crippen LogP contribution in [0.25, 0.3) is 5.69 Å². The van der Waals surface area contributed by atoms with Crippen LogP contribution in [0.5, 0.6) is 0 Å². The lowest BCUT2D eigenvalue weighted by atomic mass is 10.1. The molecule has 150 valence electrons. The van der Waals surface area contributed by atoms with Crippen molar-refractivity contribution in [3.8, 4) is 5.69 Å². The smallest absolute Gasteiger partial charge is 0.256 e. The molecule has 0 unspecified atom stereocenters. The first kappa shape index (κ1) is 19.0. The van der Waals surface area contributed by atoms with Gasteiger partial charge in [-0.3, -0.25) is 4.79 Å². The lowest BCUT2D eigenvalue weighted by molar-refractivity contribution is 0.0746. The van der Waals surface area contributed by atoms with Gasteiger partial charge in [-0.25, -0.2) is 9.97 Å². The second kappa shape index (κ2) is 7.94. The average molecular weight is 392 g/mol. The molecule has 1 amide bonds. The van der Waals surface area contributed by atoms with Crippen molar-refractivity contribution in [1.29, 1.82) is 0 Å². The second-order valence-electron chi connectivity index (χ2n) is 7.43. The third kappa shape index (κ3) is 3.94. The second-order valence-corrected chi connectivity index (χ2v) is 7.43. The standard InChI is InChI=1S/C20H24N8O/c1-14(2)19-22-15(3)12-18(23-19)26-8-10-27(11-9-26)20(29)16-6-4-5-7-17(16)28-13-21-24-25-28/h4-7,12-14H,8-11H2,1-3H3. The Kier molecular flexibility index (Phi) is 5.20. The van der Waals surface area contributed by atoms with E-state index >= 15 is 0 Å². The summed E-state index contributed by atoms with van der Waals surface area (Å²) in [6, 6.07) is 9.39. The first-order valence-corrected chi connectivity index (χ1v) is 9.75. The highest BCUT2D eigenvalue weighted by molar-refractivity contribution is 5.97. The van der Waals surface area contributed by atoms with E-state index in [2.05, 4.69) is 39.3 Å². The lowest BCUT2D eigenvalue weighted by Crippen LogP contribution is -2.49. The van der Waals surface area contributed by atoms with E-state index in [0.29, 0.717) is 24.3 Å². The number of benzene rings is 1. The molecule has 29 heavy (non-hydrogen) atoms. The highest BCUT2D eigenvalue weighted by atomic mass is 16.2. The summed E-state index contributed by atoms with van der Waals surface area (Å²) < 4.78 is 1.51. The zero-order valence-corrected chi connectivity index (χ0v) is 16.9. The lowest BCUT2D eigenvalue weighted by Gasteiger charge is -2.36. The van der Waals surface area contributed by atoms with Gasteiger partial charge in [0.25, 0.3) is 5.91 Å². The summed E-state index contributed by atoms with van der Waals surface area (Å²) in [5.41, 5.74) is 2.23. The van der Waals surface area contributed by atoms with Crippen LogP contribution in [0.4, 0.5) is 5.82 Å². The number of aryl methyl sites for hydroxylation is 1. The molecule has 0 N–H and O–H groups in total. The number of piperazine rings is 1. The Hall–Kier alpha value is -3.36. The van der Waals surface area contributed by atoms with Crippen molar-refractivity contribution in [3.05, 3.63) is 53.7 Å². The molecule has 0 atom stereocenters. The molecule has 1 fully saturated rings. The van der Waals surface area contributed by atoms with Crippen molar-refractivity contribution < 1.29 is 4.79 Å². The minimum Gasteiger partial charge on any atom is -0.353 e. The first-order valence-electron chi connectivity index (χ1n) is 9.75. The summed E-state index contributed by atoms with van der Waals surface area (Å²) in [7, 11) is 0. The van der Waals surface area contributed by atoms with Crippen LogP contribution in [0, 0.1) is 6.92 Å². The largest absolute Gasteiger partial charge is 0.353 e. The number of tetrazole rings is 1. The number of rotatable bonds is 4. The van der Waals surface area contributed by atoms with Gasteiger partial charge in [-0.1, -0.05) is 26.0 Å². The monoisotopic (exact) mass is 392 g/mol. The number of nitrogens with zero attached hydrogens (tertiary/aromatic N) is 8. The molecule has 3 aromatic rings. The zero-order chi connectivity index (χ0) is 20.4. The molecule has 1 aliphatic heterocycles. The minimum atomic E-state index is -0.0162. The summed E-state index contributed by atoms with van der Waals surface area (Å²) in [6.07, 6.45) is 1.49. The Morgan fingerprint density at radius 1 is 1.07 bits per heavy atom. The maximum absolute atomic E-state index is 13.2. The van der Waals surface area contributed by atoms with Crippen molar-refractivity contribution in [2.24, 2.45) is 0 Å². The number of amides is 1. The molecule has 0 saturated carbocycles. The Labute approximate surface area is 169 Å². The number of hydrogen-bond acceptors (Lipinski definition) is 7. The maximum Gasteiger partial charge on any atom is 0.256 e. The Balaban J connectivity index is 1.49. The van der Waals surface area contributed by atoms with E-state index in [0.717, 1.165) is 30.4 Å². The molecule has 3 heterocycles. The molecule has 9 heteroatoms. The summed E-state index contributed by atoms with van der Waals surface area (Å²) >= 11 is 0. The van der Waals surface area contributed by atoms with Crippen molar-refractivity contribution in [2.75, 3.05) is 31.1 Å². The number of carbonyl (C=O) groups is 1. The van der Waals surface area contributed by atoms with E-state index in [1.807, 2.05) is 42.2 Å². The molecule has 0 aliphatic carbocycles. The van der Waals surface area contributed by atoms with E-state index in [-0.39, 0.29) is 11.8 Å². The predicted molar refractivity (Wildman–Crippen MR) is 108 cm³/mol. The van der Waals surface area contributed by atoms with Gasteiger partial charge >= 0.3 is 0 Å². The molecule has 1 aromatic carbocycles. The Bertz CT molecular complexity index is 993. The van der Waals surface area contributed by atoms with E-state index in [9.17, 15) is 4.79 Å². The topological polar surface area (TPSA) is 92.9 Å². The molecular weight excluding hydrogens is 368 g/mol. The molecule has 0 radical (unpaired) electrons. The quantitative estimate of drug-likeness (QED) is 0.669. The molecular formula is C20H24N8O. The highest BCUT2D eigenvalue weighted by Gasteiger charge is 2.25. The van der Waals surface area contributed by atoms with Crippen LogP contribution >= 0.6 is 0 Å². The van der Waals surface area contributed by atoms with Crippen LogP contribution in [0.3, 0.4) is 0 Å². The van der Waals surface area contributed by atoms with Gasteiger partial charge in [0.2, 0.25) is 0 Å². The molecule has 0 spiro atoms. The van der Waals surface area contributed by atoms with Gasteiger partial charge < -0.3 is 9.80 Å². The first-order chi connectivity index (χ1) is 14.0.